The molecular formula is C8H16ClNO. The van der Waals surface area contributed by atoms with Gasteiger partial charge in [-0.05, 0) is 25.3 Å². The third-order valence-electron chi connectivity index (χ3n) is 2.96. The minimum Gasteiger partial charge on any atom is -0.393 e. The van der Waals surface area contributed by atoms with Gasteiger partial charge < -0.3 is 10.4 Å². The van der Waals surface area contributed by atoms with Crippen LogP contribution >= 0.6 is 12.4 Å². The summed E-state index contributed by atoms with van der Waals surface area (Å²) in [4.78, 5) is 0. The normalized spacial score (nSPS) is 42.8. The molecule has 0 aromatic rings. The Hall–Kier alpha value is 0.210. The highest BCUT2D eigenvalue weighted by Gasteiger charge is 2.35. The molecule has 0 spiro atoms. The predicted molar refractivity (Wildman–Crippen MR) is 47.0 cm³/mol. The lowest BCUT2D eigenvalue weighted by molar-refractivity contribution is 0.0563. The molecule has 2 fully saturated rings. The van der Waals surface area contributed by atoms with Crippen LogP contribution in [0.2, 0.25) is 0 Å². The zero-order chi connectivity index (χ0) is 6.97. The van der Waals surface area contributed by atoms with Crippen LogP contribution in [0.5, 0.6) is 0 Å². The van der Waals surface area contributed by atoms with Crippen LogP contribution in [0.1, 0.15) is 19.3 Å². The first-order valence-electron chi connectivity index (χ1n) is 4.26. The summed E-state index contributed by atoms with van der Waals surface area (Å²) in [7, 11) is 0. The Morgan fingerprint density at radius 2 is 2.00 bits per heavy atom. The lowest BCUT2D eigenvalue weighted by atomic mass is 9.80. The molecule has 2 rings (SSSR count). The minimum absolute atomic E-state index is 0. The van der Waals surface area contributed by atoms with Gasteiger partial charge in [0.2, 0.25) is 0 Å². The van der Waals surface area contributed by atoms with Crippen LogP contribution in [0.4, 0.5) is 0 Å². The van der Waals surface area contributed by atoms with Crippen LogP contribution in [0.15, 0.2) is 0 Å². The van der Waals surface area contributed by atoms with Gasteiger partial charge in [0.15, 0.2) is 0 Å². The number of aliphatic hydroxyl groups excluding tert-OH is 1. The summed E-state index contributed by atoms with van der Waals surface area (Å²) in [6, 6.07) is 0. The molecule has 1 aliphatic heterocycles. The van der Waals surface area contributed by atoms with Crippen molar-refractivity contribution in [1.82, 2.24) is 5.32 Å². The second-order valence-corrected chi connectivity index (χ2v) is 3.58. The maximum absolute atomic E-state index is 9.54. The van der Waals surface area contributed by atoms with Gasteiger partial charge in [-0.1, -0.05) is 6.42 Å². The molecule has 11 heavy (non-hydrogen) atoms. The highest BCUT2D eigenvalue weighted by molar-refractivity contribution is 5.85. The molecule has 66 valence electrons. The minimum atomic E-state index is -0.00579. The van der Waals surface area contributed by atoms with Gasteiger partial charge >= 0.3 is 0 Å². The van der Waals surface area contributed by atoms with E-state index < -0.39 is 0 Å². The summed E-state index contributed by atoms with van der Waals surface area (Å²) >= 11 is 0. The quantitative estimate of drug-likeness (QED) is 0.574. The molecule has 1 unspecified atom stereocenters. The molecule has 1 aliphatic carbocycles. The van der Waals surface area contributed by atoms with Crippen molar-refractivity contribution in [2.24, 2.45) is 11.8 Å². The first-order valence-corrected chi connectivity index (χ1v) is 4.26. The number of hydrogen-bond donors (Lipinski definition) is 2. The molecular weight excluding hydrogens is 162 g/mol. The molecule has 0 aromatic carbocycles. The van der Waals surface area contributed by atoms with E-state index in [1.165, 1.54) is 12.8 Å². The average Bonchev–Trinajstić information content (AvgIpc) is 2.36. The highest BCUT2D eigenvalue weighted by atomic mass is 35.5. The summed E-state index contributed by atoms with van der Waals surface area (Å²) in [6.45, 7) is 2.19. The fourth-order valence-corrected chi connectivity index (χ4v) is 2.32. The largest absolute Gasteiger partial charge is 0.393 e. The van der Waals surface area contributed by atoms with Gasteiger partial charge in [-0.15, -0.1) is 12.4 Å². The molecule has 2 nitrogen and oxygen atoms in total. The molecule has 1 saturated heterocycles. The number of nitrogens with one attached hydrogen (secondary N) is 1. The summed E-state index contributed by atoms with van der Waals surface area (Å²) in [6.07, 6.45) is 3.58. The summed E-state index contributed by atoms with van der Waals surface area (Å²) in [5.74, 6) is 1.36. The molecule has 1 heterocycles. The Morgan fingerprint density at radius 3 is 2.73 bits per heavy atom. The van der Waals surface area contributed by atoms with Crippen molar-refractivity contribution in [1.29, 1.82) is 0 Å². The van der Waals surface area contributed by atoms with E-state index in [2.05, 4.69) is 5.32 Å². The van der Waals surface area contributed by atoms with Crippen molar-refractivity contribution in [2.75, 3.05) is 13.1 Å². The van der Waals surface area contributed by atoms with Crippen molar-refractivity contribution in [3.63, 3.8) is 0 Å². The lowest BCUT2D eigenvalue weighted by Gasteiger charge is -2.28. The van der Waals surface area contributed by atoms with Gasteiger partial charge in [-0.25, -0.2) is 0 Å². The molecule has 0 radical (unpaired) electrons. The molecule has 3 atom stereocenters. The van der Waals surface area contributed by atoms with Crippen molar-refractivity contribution in [3.05, 3.63) is 0 Å². The fraction of sp³-hybridized carbons (Fsp3) is 1.00. The van der Waals surface area contributed by atoms with E-state index in [1.807, 2.05) is 0 Å². The van der Waals surface area contributed by atoms with E-state index in [9.17, 15) is 5.11 Å². The first kappa shape index (κ1) is 9.30. The van der Waals surface area contributed by atoms with Crippen LogP contribution in [0, 0.1) is 11.8 Å². The van der Waals surface area contributed by atoms with Gasteiger partial charge in [0, 0.05) is 12.5 Å². The van der Waals surface area contributed by atoms with Crippen LogP contribution in [0.25, 0.3) is 0 Å². The van der Waals surface area contributed by atoms with Crippen molar-refractivity contribution >= 4 is 12.4 Å². The van der Waals surface area contributed by atoms with Gasteiger partial charge in [0.05, 0.1) is 6.10 Å². The lowest BCUT2D eigenvalue weighted by Crippen LogP contribution is -2.31. The third-order valence-corrected chi connectivity index (χ3v) is 2.96. The Kier molecular flexibility index (Phi) is 3.16. The van der Waals surface area contributed by atoms with Gasteiger partial charge in [0.25, 0.3) is 0 Å². The zero-order valence-electron chi connectivity index (χ0n) is 6.62. The second-order valence-electron chi connectivity index (χ2n) is 3.58. The SMILES string of the molecule is Cl.O[C@@H]1CCC[C@@H]2CNCC21. The standard InChI is InChI=1S/C8H15NO.ClH/c10-8-3-1-2-6-4-9-5-7(6)8;/h6-10H,1-5H2;1H/t6-,7?,8-;/m1./s1. The Labute approximate surface area is 73.8 Å². The smallest absolute Gasteiger partial charge is 0.0583 e. The monoisotopic (exact) mass is 177 g/mol. The topological polar surface area (TPSA) is 32.3 Å². The fourth-order valence-electron chi connectivity index (χ4n) is 2.32. The molecule has 3 heteroatoms. The summed E-state index contributed by atoms with van der Waals surface area (Å²) in [5.41, 5.74) is 0. The second kappa shape index (κ2) is 3.74. The van der Waals surface area contributed by atoms with Crippen LogP contribution in [-0.2, 0) is 0 Å². The molecule has 0 bridgehead atoms. The zero-order valence-corrected chi connectivity index (χ0v) is 7.44. The Bertz CT molecular complexity index is 131. The number of halogens is 1. The molecule has 0 aromatic heterocycles. The number of fused-ring (bicyclic) bond motifs is 1. The predicted octanol–water partition coefficient (Wildman–Crippen LogP) is 0.789. The Morgan fingerprint density at radius 1 is 1.18 bits per heavy atom. The number of aliphatic hydroxyl groups is 1. The van der Waals surface area contributed by atoms with E-state index in [1.54, 1.807) is 0 Å². The van der Waals surface area contributed by atoms with Gasteiger partial charge in [0.1, 0.15) is 0 Å². The first-order chi connectivity index (χ1) is 4.88. The van der Waals surface area contributed by atoms with E-state index in [0.717, 1.165) is 25.4 Å². The van der Waals surface area contributed by atoms with Crippen molar-refractivity contribution < 1.29 is 5.11 Å². The van der Waals surface area contributed by atoms with Crippen molar-refractivity contribution in [3.8, 4) is 0 Å². The van der Waals surface area contributed by atoms with E-state index in [0.29, 0.717) is 5.92 Å². The van der Waals surface area contributed by atoms with E-state index >= 15 is 0 Å². The highest BCUT2D eigenvalue weighted by Crippen LogP contribution is 2.32. The summed E-state index contributed by atoms with van der Waals surface area (Å²) < 4.78 is 0. The van der Waals surface area contributed by atoms with Crippen LogP contribution < -0.4 is 5.32 Å². The van der Waals surface area contributed by atoms with Crippen molar-refractivity contribution in [2.45, 2.75) is 25.4 Å². The van der Waals surface area contributed by atoms with E-state index in [4.69, 9.17) is 0 Å². The Balaban J connectivity index is 0.000000605. The third kappa shape index (κ3) is 1.68. The van der Waals surface area contributed by atoms with Gasteiger partial charge in [-0.2, -0.15) is 0 Å². The maximum Gasteiger partial charge on any atom is 0.0583 e. The number of hydrogen-bond acceptors (Lipinski definition) is 2. The maximum atomic E-state index is 9.54. The molecule has 2 aliphatic rings. The number of rotatable bonds is 0. The average molecular weight is 178 g/mol. The van der Waals surface area contributed by atoms with E-state index in [-0.39, 0.29) is 18.5 Å². The summed E-state index contributed by atoms with van der Waals surface area (Å²) in [5, 5.41) is 12.9. The molecule has 0 amide bonds. The van der Waals surface area contributed by atoms with Gasteiger partial charge in [-0.3, -0.25) is 0 Å². The molecule has 2 N–H and O–H groups in total. The van der Waals surface area contributed by atoms with Crippen LogP contribution in [0.3, 0.4) is 0 Å². The van der Waals surface area contributed by atoms with Crippen LogP contribution in [-0.4, -0.2) is 24.3 Å². The molecule has 1 saturated carbocycles.